The van der Waals surface area contributed by atoms with Gasteiger partial charge in [-0.25, -0.2) is 0 Å². The zero-order valence-electron chi connectivity index (χ0n) is 37.0. The number of hydrogen-bond acceptors (Lipinski definition) is 5. The number of aliphatic hydroxyl groups is 1. The summed E-state index contributed by atoms with van der Waals surface area (Å²) in [6, 6.07) is 0. The Bertz CT molecular complexity index is 1220. The summed E-state index contributed by atoms with van der Waals surface area (Å²) in [5.41, 5.74) is 0. The van der Waals surface area contributed by atoms with Gasteiger partial charge in [-0.2, -0.15) is 0 Å². The largest absolute Gasteiger partial charge is 0.462 e. The molecule has 0 amide bonds. The van der Waals surface area contributed by atoms with Crippen molar-refractivity contribution in [3.05, 3.63) is 122 Å². The van der Waals surface area contributed by atoms with Gasteiger partial charge in [0, 0.05) is 12.8 Å². The normalized spacial score (nSPS) is 13.4. The fraction of sp³-hybridized carbons (Fsp3) is 0.585. The Morgan fingerprint density at radius 1 is 0.414 bits per heavy atom. The Labute approximate surface area is 356 Å². The maximum absolute atomic E-state index is 12.2. The van der Waals surface area contributed by atoms with Crippen LogP contribution in [0, 0.1) is 0 Å². The number of ether oxygens (including phenoxy) is 2. The van der Waals surface area contributed by atoms with Crippen LogP contribution in [0.2, 0.25) is 0 Å². The average molecular weight is 801 g/mol. The van der Waals surface area contributed by atoms with Crippen molar-refractivity contribution >= 4 is 11.9 Å². The van der Waals surface area contributed by atoms with E-state index in [4.69, 9.17) is 9.47 Å². The van der Waals surface area contributed by atoms with Crippen LogP contribution in [0.3, 0.4) is 0 Å². The maximum atomic E-state index is 12.2. The molecule has 0 heterocycles. The number of hydrogen-bond donors (Lipinski definition) is 1. The Balaban J connectivity index is 3.71. The van der Waals surface area contributed by atoms with E-state index < -0.39 is 6.10 Å². The zero-order chi connectivity index (χ0) is 42.1. The first-order valence-corrected chi connectivity index (χ1v) is 23.1. The molecule has 0 rings (SSSR count). The molecule has 0 bridgehead atoms. The molecule has 1 N–H and O–H groups in total. The quantitative estimate of drug-likeness (QED) is 0.0380. The third-order valence-corrected chi connectivity index (χ3v) is 9.24. The molecule has 0 aromatic rings. The number of rotatable bonds is 40. The van der Waals surface area contributed by atoms with Gasteiger partial charge in [0.15, 0.2) is 6.10 Å². The van der Waals surface area contributed by atoms with E-state index in [1.807, 2.05) is 0 Å². The standard InChI is InChI=1S/C53H84O5/c1-3-5-7-9-11-13-15-17-19-21-22-23-24-25-26-27-28-29-30-32-34-36-38-40-42-44-46-48-53(56)58-51(49-54)50-57-52(55)47-45-43-41-39-37-35-33-31-20-18-16-14-12-10-8-6-4-2/h5,7,11-14,17-20,22-23,25-26,28-29,32,34,38,40,51,54H,3-4,6,8-10,15-16,21,24,27,30-31,33,35-37,39,41-50H2,1-2H3/b7-5-,13-11-,14-12-,19-17-,20-18-,23-22-,26-25-,29-28-,34-32-,40-38-. The number of aliphatic hydroxyl groups excluding tert-OH is 1. The molecule has 0 radical (unpaired) electrons. The summed E-state index contributed by atoms with van der Waals surface area (Å²) in [5.74, 6) is -0.662. The Hall–Kier alpha value is -3.70. The molecular weight excluding hydrogens is 717 g/mol. The topological polar surface area (TPSA) is 72.8 Å². The molecule has 5 heteroatoms. The van der Waals surface area contributed by atoms with Crippen LogP contribution in [-0.4, -0.2) is 36.4 Å². The highest BCUT2D eigenvalue weighted by atomic mass is 16.6. The van der Waals surface area contributed by atoms with E-state index in [-0.39, 0.29) is 31.6 Å². The van der Waals surface area contributed by atoms with Gasteiger partial charge in [-0.3, -0.25) is 9.59 Å². The summed E-state index contributed by atoms with van der Waals surface area (Å²) in [4.78, 5) is 24.4. The van der Waals surface area contributed by atoms with E-state index in [1.54, 1.807) is 0 Å². The zero-order valence-corrected chi connectivity index (χ0v) is 37.0. The van der Waals surface area contributed by atoms with Crippen LogP contribution in [0.5, 0.6) is 0 Å². The first-order valence-electron chi connectivity index (χ1n) is 23.1. The second kappa shape index (κ2) is 47.7. The molecule has 0 saturated carbocycles. The van der Waals surface area contributed by atoms with Crippen molar-refractivity contribution in [2.75, 3.05) is 13.2 Å². The highest BCUT2D eigenvalue weighted by molar-refractivity contribution is 5.70. The number of esters is 2. The van der Waals surface area contributed by atoms with Crippen molar-refractivity contribution in [2.24, 2.45) is 0 Å². The molecule has 0 spiro atoms. The van der Waals surface area contributed by atoms with Crippen LogP contribution in [0.15, 0.2) is 122 Å². The van der Waals surface area contributed by atoms with E-state index in [9.17, 15) is 14.7 Å². The molecule has 0 aromatic heterocycles. The second-order valence-electron chi connectivity index (χ2n) is 14.7. The van der Waals surface area contributed by atoms with Crippen molar-refractivity contribution in [1.29, 1.82) is 0 Å². The second-order valence-corrected chi connectivity index (χ2v) is 14.7. The lowest BCUT2D eigenvalue weighted by molar-refractivity contribution is -0.161. The highest BCUT2D eigenvalue weighted by Gasteiger charge is 2.16. The van der Waals surface area contributed by atoms with Crippen LogP contribution in [0.25, 0.3) is 0 Å². The summed E-state index contributed by atoms with van der Waals surface area (Å²) in [7, 11) is 0. The first-order chi connectivity index (χ1) is 28.6. The van der Waals surface area contributed by atoms with Crippen LogP contribution in [0.4, 0.5) is 0 Å². The minimum absolute atomic E-state index is 0.0961. The SMILES string of the molecule is CC/C=C\C/C=C\C/C=C\C/C=C\C/C=C\C/C=C\C/C=C\C/C=C\CCCCC(=O)OC(CO)COC(=O)CCCCCCCCC/C=C\C/C=C\CCCCC. The smallest absolute Gasteiger partial charge is 0.306 e. The lowest BCUT2D eigenvalue weighted by Gasteiger charge is -2.15. The fourth-order valence-electron chi connectivity index (χ4n) is 5.77. The summed E-state index contributed by atoms with van der Waals surface area (Å²) < 4.78 is 10.6. The first kappa shape index (κ1) is 54.3. The van der Waals surface area contributed by atoms with Crippen molar-refractivity contribution < 1.29 is 24.2 Å². The molecule has 0 aliphatic heterocycles. The lowest BCUT2D eigenvalue weighted by Crippen LogP contribution is -2.28. The summed E-state index contributed by atoms with van der Waals surface area (Å²) >= 11 is 0. The minimum atomic E-state index is -0.807. The molecule has 58 heavy (non-hydrogen) atoms. The third-order valence-electron chi connectivity index (χ3n) is 9.24. The van der Waals surface area contributed by atoms with E-state index >= 15 is 0 Å². The van der Waals surface area contributed by atoms with Gasteiger partial charge in [-0.15, -0.1) is 0 Å². The molecule has 0 saturated heterocycles. The van der Waals surface area contributed by atoms with Gasteiger partial charge < -0.3 is 14.6 Å². The predicted octanol–water partition coefficient (Wildman–Crippen LogP) is 15.2. The lowest BCUT2D eigenvalue weighted by atomic mass is 10.1. The van der Waals surface area contributed by atoms with Crippen LogP contribution in [-0.2, 0) is 19.1 Å². The molecular formula is C53H84O5. The number of carbonyl (C=O) groups is 2. The van der Waals surface area contributed by atoms with Gasteiger partial charge in [0.1, 0.15) is 6.61 Å². The van der Waals surface area contributed by atoms with Gasteiger partial charge in [0.05, 0.1) is 6.61 Å². The van der Waals surface area contributed by atoms with Gasteiger partial charge in [-0.1, -0.05) is 180 Å². The third kappa shape index (κ3) is 45.0. The summed E-state index contributed by atoms with van der Waals surface area (Å²) in [5, 5.41) is 9.59. The van der Waals surface area contributed by atoms with E-state index in [0.717, 1.165) is 96.3 Å². The Kier molecular flexibility index (Phi) is 44.6. The van der Waals surface area contributed by atoms with E-state index in [2.05, 4.69) is 135 Å². The number of carbonyl (C=O) groups excluding carboxylic acids is 2. The predicted molar refractivity (Wildman–Crippen MR) is 251 cm³/mol. The van der Waals surface area contributed by atoms with Crippen LogP contribution in [0.1, 0.15) is 181 Å². The van der Waals surface area contributed by atoms with Crippen molar-refractivity contribution in [3.8, 4) is 0 Å². The van der Waals surface area contributed by atoms with Crippen molar-refractivity contribution in [3.63, 3.8) is 0 Å². The summed E-state index contributed by atoms with van der Waals surface area (Å²) in [6.45, 7) is 3.94. The average Bonchev–Trinajstić information content (AvgIpc) is 3.23. The molecule has 1 unspecified atom stereocenters. The Morgan fingerprint density at radius 2 is 0.741 bits per heavy atom. The molecule has 0 aliphatic rings. The molecule has 0 fully saturated rings. The summed E-state index contributed by atoms with van der Waals surface area (Å²) in [6.07, 6.45) is 69.8. The molecule has 0 aromatic carbocycles. The van der Waals surface area contributed by atoms with Gasteiger partial charge in [0.25, 0.3) is 0 Å². The maximum Gasteiger partial charge on any atom is 0.306 e. The molecule has 326 valence electrons. The van der Waals surface area contributed by atoms with Crippen LogP contribution < -0.4 is 0 Å². The van der Waals surface area contributed by atoms with E-state index in [1.165, 1.54) is 51.4 Å². The molecule has 0 aliphatic carbocycles. The molecule has 5 nitrogen and oxygen atoms in total. The van der Waals surface area contributed by atoms with Crippen molar-refractivity contribution in [1.82, 2.24) is 0 Å². The van der Waals surface area contributed by atoms with Gasteiger partial charge in [-0.05, 0) is 109 Å². The van der Waals surface area contributed by atoms with Gasteiger partial charge >= 0.3 is 11.9 Å². The fourth-order valence-corrected chi connectivity index (χ4v) is 5.77. The van der Waals surface area contributed by atoms with Crippen LogP contribution >= 0.6 is 0 Å². The number of unbranched alkanes of at least 4 members (excludes halogenated alkanes) is 12. The number of allylic oxidation sites excluding steroid dienone is 20. The monoisotopic (exact) mass is 801 g/mol. The van der Waals surface area contributed by atoms with E-state index in [0.29, 0.717) is 12.8 Å². The van der Waals surface area contributed by atoms with Gasteiger partial charge in [0.2, 0.25) is 0 Å². The van der Waals surface area contributed by atoms with Crippen molar-refractivity contribution in [2.45, 2.75) is 187 Å². The Morgan fingerprint density at radius 3 is 1.16 bits per heavy atom. The minimum Gasteiger partial charge on any atom is -0.462 e. The molecule has 1 atom stereocenters. The highest BCUT2D eigenvalue weighted by Crippen LogP contribution is 2.11.